The van der Waals surface area contributed by atoms with Crippen LogP contribution in [0, 0.1) is 0 Å². The fourth-order valence-corrected chi connectivity index (χ4v) is 4.48. The topological polar surface area (TPSA) is 104 Å². The first-order chi connectivity index (χ1) is 15.4. The molecule has 0 saturated heterocycles. The van der Waals surface area contributed by atoms with Crippen molar-refractivity contribution in [2.45, 2.75) is 25.5 Å². The van der Waals surface area contributed by atoms with Gasteiger partial charge >= 0.3 is 5.97 Å². The van der Waals surface area contributed by atoms with Gasteiger partial charge in [-0.25, -0.2) is 0 Å². The number of aromatic hydroxyl groups is 1. The Hall–Kier alpha value is -3.46. The molecule has 0 aromatic heterocycles. The van der Waals surface area contributed by atoms with Crippen LogP contribution in [0.3, 0.4) is 0 Å². The Bertz CT molecular complexity index is 1070. The summed E-state index contributed by atoms with van der Waals surface area (Å²) in [6.07, 6.45) is 0.394. The smallest absolute Gasteiger partial charge is 0.303 e. The molecule has 32 heavy (non-hydrogen) atoms. The van der Waals surface area contributed by atoms with Crippen LogP contribution in [0.25, 0.3) is 0 Å². The molecule has 2 aliphatic rings. The number of nitrogens with zero attached hydrogens (tertiary/aromatic N) is 1. The van der Waals surface area contributed by atoms with Crippen molar-refractivity contribution in [3.63, 3.8) is 0 Å². The van der Waals surface area contributed by atoms with Crippen molar-refractivity contribution in [1.29, 1.82) is 0 Å². The van der Waals surface area contributed by atoms with Crippen molar-refractivity contribution in [3.8, 4) is 28.7 Å². The van der Waals surface area contributed by atoms with E-state index >= 15 is 0 Å². The van der Waals surface area contributed by atoms with Gasteiger partial charge in [0.05, 0.1) is 25.8 Å². The molecule has 0 spiro atoms. The number of phenols is 1. The molecule has 0 saturated carbocycles. The lowest BCUT2D eigenvalue weighted by atomic mass is 9.84. The number of phenolic OH excluding ortho intramolecular Hbond substituents is 1. The van der Waals surface area contributed by atoms with Gasteiger partial charge in [0.15, 0.2) is 29.3 Å². The van der Waals surface area contributed by atoms with Crippen LogP contribution in [-0.4, -0.2) is 56.9 Å². The van der Waals surface area contributed by atoms with Gasteiger partial charge in [-0.2, -0.15) is 0 Å². The summed E-state index contributed by atoms with van der Waals surface area (Å²) < 4.78 is 27.4. The highest BCUT2D eigenvalue weighted by molar-refractivity contribution is 5.84. The van der Waals surface area contributed by atoms with Crippen molar-refractivity contribution in [3.05, 3.63) is 40.5 Å². The van der Waals surface area contributed by atoms with Crippen LogP contribution >= 0.6 is 0 Å². The van der Waals surface area contributed by atoms with Crippen LogP contribution in [0.1, 0.15) is 46.1 Å². The van der Waals surface area contributed by atoms with Crippen molar-refractivity contribution in [2.24, 2.45) is 0 Å². The normalized spacial score (nSPS) is 17.9. The Morgan fingerprint density at radius 1 is 1.28 bits per heavy atom. The number of benzene rings is 2. The zero-order valence-corrected chi connectivity index (χ0v) is 18.3. The minimum absolute atomic E-state index is 0.0185. The SMILES string of the molecule is COc1ccc(C(OC(C)=O)C2c3c(cc4c(c3O)OCO4)CCN2C)c(C=O)c1OC. The summed E-state index contributed by atoms with van der Waals surface area (Å²) >= 11 is 0. The molecule has 170 valence electrons. The van der Waals surface area contributed by atoms with Crippen molar-refractivity contribution in [1.82, 2.24) is 4.90 Å². The summed E-state index contributed by atoms with van der Waals surface area (Å²) in [4.78, 5) is 26.2. The van der Waals surface area contributed by atoms with Gasteiger partial charge in [0.25, 0.3) is 0 Å². The first-order valence-corrected chi connectivity index (χ1v) is 10.1. The first-order valence-electron chi connectivity index (χ1n) is 10.1. The Kier molecular flexibility index (Phi) is 5.84. The molecule has 0 amide bonds. The second-order valence-electron chi connectivity index (χ2n) is 7.66. The Balaban J connectivity index is 1.93. The molecule has 0 aliphatic carbocycles. The molecule has 0 radical (unpaired) electrons. The number of methoxy groups -OCH3 is 2. The number of esters is 1. The fourth-order valence-electron chi connectivity index (χ4n) is 4.48. The summed E-state index contributed by atoms with van der Waals surface area (Å²) in [5, 5.41) is 11.1. The molecule has 2 aliphatic heterocycles. The van der Waals surface area contributed by atoms with Gasteiger partial charge in [0.1, 0.15) is 6.10 Å². The van der Waals surface area contributed by atoms with Crippen LogP contribution in [0.5, 0.6) is 28.7 Å². The predicted octanol–water partition coefficient (Wildman–Crippen LogP) is 2.78. The van der Waals surface area contributed by atoms with Gasteiger partial charge in [-0.3, -0.25) is 14.5 Å². The van der Waals surface area contributed by atoms with Crippen LogP contribution < -0.4 is 18.9 Å². The zero-order chi connectivity index (χ0) is 23.0. The van der Waals surface area contributed by atoms with Gasteiger partial charge in [0, 0.05) is 24.6 Å². The number of hydrogen-bond donors (Lipinski definition) is 1. The molecule has 2 heterocycles. The van der Waals surface area contributed by atoms with Crippen molar-refractivity contribution in [2.75, 3.05) is 34.6 Å². The number of hydrogen-bond acceptors (Lipinski definition) is 9. The quantitative estimate of drug-likeness (QED) is 0.533. The van der Waals surface area contributed by atoms with Crippen LogP contribution in [-0.2, 0) is 16.0 Å². The average Bonchev–Trinajstić information content (AvgIpc) is 3.26. The summed E-state index contributed by atoms with van der Waals surface area (Å²) in [6.45, 7) is 1.96. The average molecular weight is 443 g/mol. The molecule has 1 N–H and O–H groups in total. The Morgan fingerprint density at radius 2 is 2.06 bits per heavy atom. The number of carbonyl (C=O) groups is 2. The predicted molar refractivity (Wildman–Crippen MR) is 113 cm³/mol. The zero-order valence-electron chi connectivity index (χ0n) is 18.3. The number of ether oxygens (including phenoxy) is 5. The monoisotopic (exact) mass is 443 g/mol. The molecule has 0 fully saturated rings. The molecular formula is C23H25NO8. The first kappa shape index (κ1) is 21.8. The molecule has 0 bridgehead atoms. The summed E-state index contributed by atoms with van der Waals surface area (Å²) in [5.41, 5.74) is 2.08. The molecule has 9 heteroatoms. The van der Waals surface area contributed by atoms with E-state index in [4.69, 9.17) is 23.7 Å². The maximum atomic E-state index is 12.1. The Morgan fingerprint density at radius 3 is 2.72 bits per heavy atom. The number of fused-ring (bicyclic) bond motifs is 2. The Labute approximate surface area is 185 Å². The number of rotatable bonds is 6. The summed E-state index contributed by atoms with van der Waals surface area (Å²) in [5.74, 6) is 0.773. The maximum absolute atomic E-state index is 12.1. The second kappa shape index (κ2) is 8.58. The molecule has 9 nitrogen and oxygen atoms in total. The van der Waals surface area contributed by atoms with Gasteiger partial charge < -0.3 is 28.8 Å². The number of carbonyl (C=O) groups excluding carboxylic acids is 2. The van der Waals surface area contributed by atoms with E-state index in [1.165, 1.54) is 21.1 Å². The summed E-state index contributed by atoms with van der Waals surface area (Å²) in [7, 11) is 4.78. The standard InChI is InChI=1S/C23H25NO8/c1-12(26)32-22(14-5-6-16(28-3)21(29-4)15(14)10-25)19-18-13(7-8-24(19)2)9-17-23(20(18)27)31-11-30-17/h5-6,9-10,19,22,27H,7-8,11H2,1-4H3. The number of likely N-dealkylation sites (N-methyl/N-ethyl adjacent to an activating group) is 1. The third kappa shape index (κ3) is 3.48. The van der Waals surface area contributed by atoms with Crippen LogP contribution in [0.4, 0.5) is 0 Å². The molecule has 2 aromatic carbocycles. The van der Waals surface area contributed by atoms with Crippen LogP contribution in [0.2, 0.25) is 0 Å². The lowest BCUT2D eigenvalue weighted by molar-refractivity contribution is -0.150. The van der Waals surface area contributed by atoms with E-state index in [-0.39, 0.29) is 29.6 Å². The van der Waals surface area contributed by atoms with Crippen molar-refractivity contribution < 1.29 is 38.4 Å². The lowest BCUT2D eigenvalue weighted by Gasteiger charge is -2.39. The van der Waals surface area contributed by atoms with E-state index in [9.17, 15) is 14.7 Å². The fraction of sp³-hybridized carbons (Fsp3) is 0.391. The van der Waals surface area contributed by atoms with Gasteiger partial charge in [-0.1, -0.05) is 6.07 Å². The van der Waals surface area contributed by atoms with E-state index in [1.807, 2.05) is 18.0 Å². The molecule has 2 atom stereocenters. The molecule has 2 unspecified atom stereocenters. The van der Waals surface area contributed by atoms with Gasteiger partial charge in [-0.05, 0) is 31.2 Å². The highest BCUT2D eigenvalue weighted by Gasteiger charge is 2.41. The van der Waals surface area contributed by atoms with Gasteiger partial charge in [0.2, 0.25) is 12.5 Å². The third-order valence-electron chi connectivity index (χ3n) is 5.89. The van der Waals surface area contributed by atoms with E-state index in [2.05, 4.69) is 0 Å². The third-order valence-corrected chi connectivity index (χ3v) is 5.89. The highest BCUT2D eigenvalue weighted by atomic mass is 16.7. The maximum Gasteiger partial charge on any atom is 0.303 e. The minimum Gasteiger partial charge on any atom is -0.504 e. The minimum atomic E-state index is -0.914. The largest absolute Gasteiger partial charge is 0.504 e. The molecular weight excluding hydrogens is 418 g/mol. The number of aldehydes is 1. The molecule has 2 aromatic rings. The molecule has 4 rings (SSSR count). The van der Waals surface area contributed by atoms with Crippen LogP contribution in [0.15, 0.2) is 18.2 Å². The van der Waals surface area contributed by atoms with Crippen molar-refractivity contribution >= 4 is 12.3 Å². The summed E-state index contributed by atoms with van der Waals surface area (Å²) in [6, 6.07) is 4.58. The lowest BCUT2D eigenvalue weighted by Crippen LogP contribution is -2.37. The van der Waals surface area contributed by atoms with E-state index in [0.29, 0.717) is 41.9 Å². The van der Waals surface area contributed by atoms with Gasteiger partial charge in [-0.15, -0.1) is 0 Å². The second-order valence-corrected chi connectivity index (χ2v) is 7.66. The van der Waals surface area contributed by atoms with E-state index < -0.39 is 18.1 Å². The van der Waals surface area contributed by atoms with E-state index in [0.717, 1.165) is 5.56 Å². The highest BCUT2D eigenvalue weighted by Crippen LogP contribution is 2.53. The van der Waals surface area contributed by atoms with E-state index in [1.54, 1.807) is 12.1 Å².